The largest absolute Gasteiger partial charge is 0.451 e. The van der Waals surface area contributed by atoms with Gasteiger partial charge in [-0.2, -0.15) is 13.2 Å². The summed E-state index contributed by atoms with van der Waals surface area (Å²) < 4.78 is 44.9. The molecule has 39 heavy (non-hydrogen) atoms. The second-order valence-electron chi connectivity index (χ2n) is 9.71. The number of nitrogens with one attached hydrogen (secondary N) is 1. The third kappa shape index (κ3) is 6.13. The van der Waals surface area contributed by atoms with Crippen LogP contribution in [0.1, 0.15) is 69.9 Å². The lowest BCUT2D eigenvalue weighted by molar-refractivity contribution is -0.145. The third-order valence-electron chi connectivity index (χ3n) is 7.30. The number of pyridine rings is 1. The van der Waals surface area contributed by atoms with E-state index >= 15 is 0 Å². The summed E-state index contributed by atoms with van der Waals surface area (Å²) in [5.74, 6) is -0.263. The summed E-state index contributed by atoms with van der Waals surface area (Å²) in [7, 11) is 0. The van der Waals surface area contributed by atoms with Gasteiger partial charge in [0.15, 0.2) is 0 Å². The van der Waals surface area contributed by atoms with Gasteiger partial charge in [0.2, 0.25) is 5.82 Å². The maximum atomic E-state index is 13.0. The molecule has 5 heterocycles. The van der Waals surface area contributed by atoms with Gasteiger partial charge in [-0.15, -0.1) is 23.1 Å². The Hall–Kier alpha value is -2.54. The highest BCUT2D eigenvalue weighted by Crippen LogP contribution is 2.46. The van der Waals surface area contributed by atoms with E-state index in [9.17, 15) is 18.0 Å². The molecule has 7 nitrogen and oxygen atoms in total. The van der Waals surface area contributed by atoms with E-state index in [1.807, 2.05) is 31.3 Å². The van der Waals surface area contributed by atoms with Gasteiger partial charge >= 0.3 is 6.18 Å². The van der Waals surface area contributed by atoms with Gasteiger partial charge in [-0.25, -0.2) is 9.97 Å². The predicted molar refractivity (Wildman–Crippen MR) is 144 cm³/mol. The Balaban J connectivity index is 1.22. The number of rotatable bonds is 7. The van der Waals surface area contributed by atoms with Crippen LogP contribution >= 0.6 is 23.1 Å². The first-order chi connectivity index (χ1) is 18.7. The van der Waals surface area contributed by atoms with Crippen LogP contribution in [0.25, 0.3) is 0 Å². The molecule has 2 aliphatic rings. The zero-order valence-electron chi connectivity index (χ0n) is 21.8. The lowest BCUT2D eigenvalue weighted by atomic mass is 9.84. The first-order valence-corrected chi connectivity index (χ1v) is 14.7. The zero-order chi connectivity index (χ0) is 27.6. The Bertz CT molecular complexity index is 1290. The molecule has 0 unspecified atom stereocenters. The van der Waals surface area contributed by atoms with Crippen molar-refractivity contribution in [1.29, 1.82) is 0 Å². The molecule has 0 saturated carbocycles. The smallest absolute Gasteiger partial charge is 0.369 e. The average Bonchev–Trinajstić information content (AvgIpc) is 3.39. The molecule has 0 bridgehead atoms. The molecule has 208 valence electrons. The Kier molecular flexibility index (Phi) is 8.27. The molecule has 0 radical (unpaired) electrons. The maximum absolute atomic E-state index is 13.0. The molecule has 2 aliphatic heterocycles. The van der Waals surface area contributed by atoms with Crippen LogP contribution in [0.3, 0.4) is 0 Å². The molecule has 3 aromatic heterocycles. The number of nitrogens with zero attached hydrogens (tertiary/aromatic N) is 4. The number of piperidine rings is 1. The predicted octanol–water partition coefficient (Wildman–Crippen LogP) is 5.62. The SMILES string of the molecule is CCSc1ccc(CNC(=O)c2cc3c(s2)C2(CCN([C@H](C)c4cnc(C(F)(F)F)nc4)CC2)OCC3)nc1. The van der Waals surface area contributed by atoms with Crippen molar-refractivity contribution in [2.75, 3.05) is 25.4 Å². The molecular formula is C27H30F3N5O2S2. The lowest BCUT2D eigenvalue weighted by Gasteiger charge is -2.45. The number of halogens is 3. The van der Waals surface area contributed by atoms with E-state index in [1.165, 1.54) is 23.7 Å². The van der Waals surface area contributed by atoms with Gasteiger partial charge in [0.25, 0.3) is 5.91 Å². The van der Waals surface area contributed by atoms with Crippen LogP contribution < -0.4 is 5.32 Å². The highest BCUT2D eigenvalue weighted by atomic mass is 32.2. The molecule has 3 aromatic rings. The van der Waals surface area contributed by atoms with Crippen molar-refractivity contribution in [2.24, 2.45) is 0 Å². The number of alkyl halides is 3. The number of fused-ring (bicyclic) bond motifs is 2. The first-order valence-electron chi connectivity index (χ1n) is 12.9. The van der Waals surface area contributed by atoms with E-state index < -0.39 is 17.6 Å². The fraction of sp³-hybridized carbons (Fsp3) is 0.481. The highest BCUT2D eigenvalue weighted by Gasteiger charge is 2.43. The van der Waals surface area contributed by atoms with Gasteiger partial charge in [-0.1, -0.05) is 6.92 Å². The molecule has 12 heteroatoms. The highest BCUT2D eigenvalue weighted by molar-refractivity contribution is 7.99. The fourth-order valence-electron chi connectivity index (χ4n) is 5.11. The van der Waals surface area contributed by atoms with Crippen molar-refractivity contribution in [3.05, 3.63) is 69.2 Å². The van der Waals surface area contributed by atoms with Crippen LogP contribution in [0, 0.1) is 0 Å². The third-order valence-corrected chi connectivity index (χ3v) is 9.52. The van der Waals surface area contributed by atoms with Crippen molar-refractivity contribution in [2.45, 2.75) is 62.4 Å². The van der Waals surface area contributed by atoms with Gasteiger partial charge in [-0.3, -0.25) is 14.7 Å². The molecule has 1 fully saturated rings. The molecule has 1 spiro atoms. The molecule has 5 rings (SSSR count). The molecular weight excluding hydrogens is 547 g/mol. The van der Waals surface area contributed by atoms with Gasteiger partial charge < -0.3 is 10.1 Å². The molecule has 0 aliphatic carbocycles. The Morgan fingerprint density at radius 2 is 1.95 bits per heavy atom. The number of carbonyl (C=O) groups is 1. The molecule has 1 atom stereocenters. The lowest BCUT2D eigenvalue weighted by Crippen LogP contribution is -2.46. The normalized spacial score (nSPS) is 18.1. The van der Waals surface area contributed by atoms with E-state index in [0.29, 0.717) is 36.7 Å². The Labute approximate surface area is 233 Å². The van der Waals surface area contributed by atoms with Crippen molar-refractivity contribution in [3.63, 3.8) is 0 Å². The monoisotopic (exact) mass is 577 g/mol. The van der Waals surface area contributed by atoms with E-state index in [-0.39, 0.29) is 11.9 Å². The summed E-state index contributed by atoms with van der Waals surface area (Å²) in [6.45, 7) is 6.42. The van der Waals surface area contributed by atoms with Crippen molar-refractivity contribution < 1.29 is 22.7 Å². The second-order valence-corrected chi connectivity index (χ2v) is 12.1. The van der Waals surface area contributed by atoms with Crippen molar-refractivity contribution >= 4 is 29.0 Å². The number of amides is 1. The number of ether oxygens (including phenoxy) is 1. The number of thiophene rings is 1. The molecule has 1 amide bonds. The number of hydrogen-bond donors (Lipinski definition) is 1. The standard InChI is InChI=1S/C27H30F3N5O2S2/c1-3-38-21-5-4-20(31-16-21)15-32-24(36)22-12-18-6-11-37-26(23(18)39-22)7-9-35(10-8-26)17(2)19-13-33-25(34-14-19)27(28,29)30/h4-5,12-14,16-17H,3,6-11,15H2,1-2H3,(H,32,36)/t17-/m1/s1. The van der Waals surface area contributed by atoms with Gasteiger partial charge in [0, 0.05) is 53.1 Å². The quantitative estimate of drug-likeness (QED) is 0.365. The van der Waals surface area contributed by atoms with E-state index in [2.05, 4.69) is 32.1 Å². The van der Waals surface area contributed by atoms with E-state index in [0.717, 1.165) is 46.0 Å². The van der Waals surface area contributed by atoms with Gasteiger partial charge in [-0.05, 0) is 55.7 Å². The van der Waals surface area contributed by atoms with Crippen molar-refractivity contribution in [3.8, 4) is 0 Å². The summed E-state index contributed by atoms with van der Waals surface area (Å²) in [5.41, 5.74) is 2.17. The summed E-state index contributed by atoms with van der Waals surface area (Å²) >= 11 is 3.22. The van der Waals surface area contributed by atoms with Crippen LogP contribution in [-0.4, -0.2) is 51.2 Å². The maximum Gasteiger partial charge on any atom is 0.451 e. The fourth-order valence-corrected chi connectivity index (χ4v) is 7.07. The van der Waals surface area contributed by atoms with E-state index in [4.69, 9.17) is 4.74 Å². The first kappa shape index (κ1) is 28.0. The second kappa shape index (κ2) is 11.5. The van der Waals surface area contributed by atoms with Crippen LogP contribution in [0.2, 0.25) is 0 Å². The Morgan fingerprint density at radius 3 is 2.59 bits per heavy atom. The number of carbonyl (C=O) groups excluding carboxylic acids is 1. The van der Waals surface area contributed by atoms with Crippen LogP contribution in [0.5, 0.6) is 0 Å². The van der Waals surface area contributed by atoms with Gasteiger partial charge in [0.1, 0.15) is 5.60 Å². The number of likely N-dealkylation sites (tertiary alicyclic amines) is 1. The van der Waals surface area contributed by atoms with E-state index in [1.54, 1.807) is 11.8 Å². The molecule has 1 N–H and O–H groups in total. The number of thioether (sulfide) groups is 1. The summed E-state index contributed by atoms with van der Waals surface area (Å²) in [5, 5.41) is 2.99. The topological polar surface area (TPSA) is 80.2 Å². The minimum absolute atomic E-state index is 0.119. The summed E-state index contributed by atoms with van der Waals surface area (Å²) in [6, 6.07) is 5.82. The van der Waals surface area contributed by atoms with Gasteiger partial charge in [0.05, 0.1) is 23.7 Å². The summed E-state index contributed by atoms with van der Waals surface area (Å²) in [6.07, 6.45) is 2.04. The summed E-state index contributed by atoms with van der Waals surface area (Å²) in [4.78, 5) is 29.6. The molecule has 1 saturated heterocycles. The number of aromatic nitrogens is 3. The van der Waals surface area contributed by atoms with Crippen LogP contribution in [-0.2, 0) is 29.5 Å². The minimum Gasteiger partial charge on any atom is -0.369 e. The molecule has 0 aromatic carbocycles. The zero-order valence-corrected chi connectivity index (χ0v) is 23.4. The van der Waals surface area contributed by atoms with Crippen LogP contribution in [0.4, 0.5) is 13.2 Å². The minimum atomic E-state index is -4.55. The number of hydrogen-bond acceptors (Lipinski definition) is 8. The van der Waals surface area contributed by atoms with Crippen molar-refractivity contribution in [1.82, 2.24) is 25.2 Å². The van der Waals surface area contributed by atoms with Crippen LogP contribution in [0.15, 0.2) is 41.7 Å². The average molecular weight is 578 g/mol. The Morgan fingerprint density at radius 1 is 1.21 bits per heavy atom.